The van der Waals surface area contributed by atoms with Gasteiger partial charge in [0.05, 0.1) is 18.9 Å². The minimum Gasteiger partial charge on any atom is -0.508 e. The van der Waals surface area contributed by atoms with Crippen LogP contribution in [-0.4, -0.2) is 24.7 Å². The number of aromatic hydroxyl groups is 1. The van der Waals surface area contributed by atoms with Crippen molar-refractivity contribution in [1.29, 1.82) is 0 Å². The van der Waals surface area contributed by atoms with Gasteiger partial charge in [0.2, 0.25) is 5.91 Å². The topological polar surface area (TPSA) is 102 Å². The monoisotopic (exact) mass is 469 g/mol. The third-order valence-corrected chi connectivity index (χ3v) is 5.91. The third-order valence-electron chi connectivity index (χ3n) is 5.91. The van der Waals surface area contributed by atoms with Gasteiger partial charge < -0.3 is 24.0 Å². The van der Waals surface area contributed by atoms with Crippen LogP contribution in [0.15, 0.2) is 86.4 Å². The Kier molecular flexibility index (Phi) is 5.97. The van der Waals surface area contributed by atoms with E-state index in [-0.39, 0.29) is 23.5 Å². The Labute approximate surface area is 200 Å². The van der Waals surface area contributed by atoms with Crippen LogP contribution in [0.4, 0.5) is 0 Å². The number of hydrogen-bond acceptors (Lipinski definition) is 6. The first-order valence-electron chi connectivity index (χ1n) is 11.2. The molecule has 0 bridgehead atoms. The van der Waals surface area contributed by atoms with Crippen molar-refractivity contribution in [2.24, 2.45) is 0 Å². The lowest BCUT2D eigenvalue weighted by atomic mass is 10.0. The second kappa shape index (κ2) is 9.38. The van der Waals surface area contributed by atoms with Crippen molar-refractivity contribution in [3.8, 4) is 22.8 Å². The molecule has 0 saturated heterocycles. The molecule has 5 rings (SSSR count). The van der Waals surface area contributed by atoms with Crippen molar-refractivity contribution >= 4 is 27.8 Å². The van der Waals surface area contributed by atoms with Gasteiger partial charge in [-0.25, -0.2) is 4.79 Å². The first kappa shape index (κ1) is 22.3. The lowest BCUT2D eigenvalue weighted by Gasteiger charge is -2.07. The van der Waals surface area contributed by atoms with Gasteiger partial charge in [0, 0.05) is 17.7 Å². The first-order chi connectivity index (χ1) is 17.0. The SMILES string of the molecule is COc1ccc(-c2oc3c(c2CC(=O)NCCc2ccc(O)cc2)c(=O)oc2ccccc23)cc1. The van der Waals surface area contributed by atoms with Crippen LogP contribution in [0.2, 0.25) is 0 Å². The van der Waals surface area contributed by atoms with Crippen molar-refractivity contribution in [2.75, 3.05) is 13.7 Å². The molecule has 0 saturated carbocycles. The molecular formula is C28H23NO6. The average Bonchev–Trinajstić information content (AvgIpc) is 3.25. The molecule has 7 nitrogen and oxygen atoms in total. The molecule has 0 unspecified atom stereocenters. The number of benzene rings is 3. The summed E-state index contributed by atoms with van der Waals surface area (Å²) in [6.07, 6.45) is 0.559. The maximum Gasteiger partial charge on any atom is 0.347 e. The predicted molar refractivity (Wildman–Crippen MR) is 133 cm³/mol. The Morgan fingerprint density at radius 2 is 1.71 bits per heavy atom. The van der Waals surface area contributed by atoms with E-state index in [2.05, 4.69) is 5.32 Å². The van der Waals surface area contributed by atoms with Crippen molar-refractivity contribution in [3.05, 3.63) is 94.3 Å². The highest BCUT2D eigenvalue weighted by molar-refractivity contribution is 6.05. The molecule has 0 atom stereocenters. The molecule has 0 spiro atoms. The molecule has 2 N–H and O–H groups in total. The standard InChI is InChI=1S/C28H23NO6/c1-33-20-12-8-18(9-13-20)26-22(16-24(31)29-15-14-17-6-10-19(30)11-7-17)25-27(35-26)21-4-2-3-5-23(21)34-28(25)32/h2-13,30H,14-16H2,1H3,(H,29,31). The molecule has 1 amide bonds. The summed E-state index contributed by atoms with van der Waals surface area (Å²) in [5, 5.41) is 13.3. The van der Waals surface area contributed by atoms with Crippen molar-refractivity contribution in [1.82, 2.24) is 5.32 Å². The van der Waals surface area contributed by atoms with E-state index in [0.717, 1.165) is 11.1 Å². The molecular weight excluding hydrogens is 446 g/mol. The van der Waals surface area contributed by atoms with E-state index in [1.54, 1.807) is 43.5 Å². The zero-order valence-electron chi connectivity index (χ0n) is 19.0. The summed E-state index contributed by atoms with van der Waals surface area (Å²) in [6, 6.07) is 21.2. The Morgan fingerprint density at radius 1 is 0.971 bits per heavy atom. The second-order valence-corrected chi connectivity index (χ2v) is 8.17. The third kappa shape index (κ3) is 4.48. The van der Waals surface area contributed by atoms with Crippen LogP contribution in [-0.2, 0) is 17.6 Å². The number of carbonyl (C=O) groups excluding carboxylic acids is 1. The van der Waals surface area contributed by atoms with Crippen LogP contribution in [0, 0.1) is 0 Å². The van der Waals surface area contributed by atoms with Gasteiger partial charge in [-0.05, 0) is 60.5 Å². The van der Waals surface area contributed by atoms with Gasteiger partial charge in [0.25, 0.3) is 0 Å². The summed E-state index contributed by atoms with van der Waals surface area (Å²) in [4.78, 5) is 25.9. The summed E-state index contributed by atoms with van der Waals surface area (Å²) in [6.45, 7) is 0.412. The Hall–Kier alpha value is -4.52. The number of methoxy groups -OCH3 is 1. The average molecular weight is 469 g/mol. The fraction of sp³-hybridized carbons (Fsp3) is 0.143. The fourth-order valence-electron chi connectivity index (χ4n) is 4.14. The molecule has 5 aromatic rings. The molecule has 35 heavy (non-hydrogen) atoms. The van der Waals surface area contributed by atoms with E-state index in [4.69, 9.17) is 13.6 Å². The Morgan fingerprint density at radius 3 is 2.46 bits per heavy atom. The van der Waals surface area contributed by atoms with Gasteiger partial charge in [-0.15, -0.1) is 0 Å². The van der Waals surface area contributed by atoms with Crippen LogP contribution >= 0.6 is 0 Å². The Bertz CT molecular complexity index is 1560. The Balaban J connectivity index is 1.50. The van der Waals surface area contributed by atoms with Crippen molar-refractivity contribution in [3.63, 3.8) is 0 Å². The van der Waals surface area contributed by atoms with Crippen LogP contribution in [0.25, 0.3) is 33.3 Å². The molecule has 0 radical (unpaired) electrons. The smallest absolute Gasteiger partial charge is 0.347 e. The minimum absolute atomic E-state index is 0.0486. The van der Waals surface area contributed by atoms with E-state index in [9.17, 15) is 14.7 Å². The van der Waals surface area contributed by atoms with Gasteiger partial charge in [-0.3, -0.25) is 4.79 Å². The lowest BCUT2D eigenvalue weighted by molar-refractivity contribution is -0.120. The van der Waals surface area contributed by atoms with Crippen molar-refractivity contribution < 1.29 is 23.5 Å². The van der Waals surface area contributed by atoms with Crippen LogP contribution < -0.4 is 15.7 Å². The highest BCUT2D eigenvalue weighted by Crippen LogP contribution is 2.36. The second-order valence-electron chi connectivity index (χ2n) is 8.17. The van der Waals surface area contributed by atoms with E-state index in [0.29, 0.717) is 46.6 Å². The number of nitrogens with one attached hydrogen (secondary N) is 1. The van der Waals surface area contributed by atoms with Gasteiger partial charge in [-0.2, -0.15) is 0 Å². The number of furan rings is 1. The van der Waals surface area contributed by atoms with Gasteiger partial charge >= 0.3 is 5.63 Å². The number of phenolic OH excluding ortho intramolecular Hbond substituents is 1. The fourth-order valence-corrected chi connectivity index (χ4v) is 4.14. The van der Waals surface area contributed by atoms with Crippen LogP contribution in [0.1, 0.15) is 11.1 Å². The van der Waals surface area contributed by atoms with E-state index in [1.165, 1.54) is 0 Å². The molecule has 176 valence electrons. The van der Waals surface area contributed by atoms with Crippen molar-refractivity contribution in [2.45, 2.75) is 12.8 Å². The number of ether oxygens (including phenoxy) is 1. The molecule has 7 heteroatoms. The van der Waals surface area contributed by atoms with Gasteiger partial charge in [0.1, 0.15) is 28.2 Å². The number of fused-ring (bicyclic) bond motifs is 3. The van der Waals surface area contributed by atoms with Gasteiger partial charge in [-0.1, -0.05) is 24.3 Å². The number of phenols is 1. The number of para-hydroxylation sites is 1. The normalized spacial score (nSPS) is 11.1. The molecule has 2 aromatic heterocycles. The molecule has 3 aromatic carbocycles. The lowest BCUT2D eigenvalue weighted by Crippen LogP contribution is -2.27. The number of amides is 1. The maximum absolute atomic E-state index is 13.0. The van der Waals surface area contributed by atoms with Crippen LogP contribution in [0.5, 0.6) is 11.5 Å². The van der Waals surface area contributed by atoms with Crippen LogP contribution in [0.3, 0.4) is 0 Å². The number of hydrogen-bond donors (Lipinski definition) is 2. The predicted octanol–water partition coefficient (Wildman–Crippen LogP) is 4.82. The van der Waals surface area contributed by atoms with Gasteiger partial charge in [0.15, 0.2) is 5.58 Å². The summed E-state index contributed by atoms with van der Waals surface area (Å²) in [7, 11) is 1.58. The summed E-state index contributed by atoms with van der Waals surface area (Å²) < 4.78 is 17.0. The summed E-state index contributed by atoms with van der Waals surface area (Å²) in [5.41, 5.74) is 2.46. The number of rotatable bonds is 7. The minimum atomic E-state index is -0.547. The number of carbonyl (C=O) groups is 1. The summed E-state index contributed by atoms with van der Waals surface area (Å²) in [5.74, 6) is 1.08. The largest absolute Gasteiger partial charge is 0.508 e. The zero-order chi connectivity index (χ0) is 24.4. The summed E-state index contributed by atoms with van der Waals surface area (Å²) >= 11 is 0. The highest BCUT2D eigenvalue weighted by atomic mass is 16.5. The molecule has 2 heterocycles. The maximum atomic E-state index is 13.0. The molecule has 0 aliphatic heterocycles. The zero-order valence-corrected chi connectivity index (χ0v) is 19.0. The quantitative estimate of drug-likeness (QED) is 0.331. The van der Waals surface area contributed by atoms with E-state index < -0.39 is 5.63 Å². The van der Waals surface area contributed by atoms with E-state index >= 15 is 0 Å². The molecule has 0 fully saturated rings. The molecule has 0 aliphatic carbocycles. The van der Waals surface area contributed by atoms with E-state index in [1.807, 2.05) is 36.4 Å². The molecule has 0 aliphatic rings. The first-order valence-corrected chi connectivity index (χ1v) is 11.2. The highest BCUT2D eigenvalue weighted by Gasteiger charge is 2.24.